The lowest BCUT2D eigenvalue weighted by Crippen LogP contribution is -1.87. The van der Waals surface area contributed by atoms with Crippen molar-refractivity contribution in [2.45, 2.75) is 0 Å². The van der Waals surface area contributed by atoms with Crippen molar-refractivity contribution in [2.24, 2.45) is 0 Å². The summed E-state index contributed by atoms with van der Waals surface area (Å²) in [5.41, 5.74) is 1.19. The predicted octanol–water partition coefficient (Wildman–Crippen LogP) is 1.53. The molecular weight excluding hydrogens is 192 g/mol. The van der Waals surface area contributed by atoms with Gasteiger partial charge in [0.2, 0.25) is 0 Å². The number of carboxylic acid groups (broad SMARTS) is 1. The smallest absolute Gasteiger partial charge is 0.328 e. The Morgan fingerprint density at radius 3 is 2.13 bits per heavy atom. The van der Waals surface area contributed by atoms with Crippen LogP contribution in [0, 0.1) is 22.7 Å². The van der Waals surface area contributed by atoms with E-state index in [1.165, 1.54) is 24.3 Å². The fraction of sp³-hybridized carbons (Fsp3) is 0. The third-order valence-corrected chi connectivity index (χ3v) is 1.63. The van der Waals surface area contributed by atoms with Gasteiger partial charge in [0.25, 0.3) is 0 Å². The van der Waals surface area contributed by atoms with Crippen LogP contribution in [-0.2, 0) is 4.79 Å². The molecule has 1 N–H and O–H groups in total. The van der Waals surface area contributed by atoms with Crippen LogP contribution in [-0.4, -0.2) is 11.1 Å². The topological polar surface area (TPSA) is 84.9 Å². The highest BCUT2D eigenvalue weighted by Crippen LogP contribution is 2.10. The third kappa shape index (κ3) is 2.98. The van der Waals surface area contributed by atoms with E-state index in [4.69, 9.17) is 15.6 Å². The number of hydrogen-bond donors (Lipinski definition) is 1. The summed E-state index contributed by atoms with van der Waals surface area (Å²) in [6, 6.07) is 8.27. The molecule has 0 radical (unpaired) electrons. The van der Waals surface area contributed by atoms with Crippen LogP contribution < -0.4 is 0 Å². The maximum absolute atomic E-state index is 10.3. The van der Waals surface area contributed by atoms with Gasteiger partial charge >= 0.3 is 5.97 Å². The minimum Gasteiger partial charge on any atom is -0.478 e. The Kier molecular flexibility index (Phi) is 3.21. The van der Waals surface area contributed by atoms with Crippen molar-refractivity contribution >= 4 is 12.0 Å². The van der Waals surface area contributed by atoms with E-state index in [1.807, 2.05) is 12.1 Å². The average Bonchev–Trinajstić information content (AvgIpc) is 2.25. The molecule has 1 aromatic carbocycles. The highest BCUT2D eigenvalue weighted by molar-refractivity contribution is 5.85. The van der Waals surface area contributed by atoms with E-state index < -0.39 is 5.97 Å². The summed E-state index contributed by atoms with van der Waals surface area (Å²) in [6.45, 7) is 0. The van der Waals surface area contributed by atoms with E-state index >= 15 is 0 Å². The molecule has 0 atom stereocenters. The van der Waals surface area contributed by atoms with Crippen LogP contribution in [0.3, 0.4) is 0 Å². The van der Waals surface area contributed by atoms with Gasteiger partial charge in [0, 0.05) is 6.08 Å². The van der Waals surface area contributed by atoms with Gasteiger partial charge in [0.15, 0.2) is 0 Å². The fourth-order valence-electron chi connectivity index (χ4n) is 1.04. The van der Waals surface area contributed by atoms with Crippen molar-refractivity contribution in [2.75, 3.05) is 0 Å². The summed E-state index contributed by atoms with van der Waals surface area (Å²) in [5, 5.41) is 25.7. The molecule has 0 fully saturated rings. The van der Waals surface area contributed by atoms with E-state index in [0.717, 1.165) is 6.08 Å². The van der Waals surface area contributed by atoms with E-state index in [1.54, 1.807) is 0 Å². The quantitative estimate of drug-likeness (QED) is 0.730. The lowest BCUT2D eigenvalue weighted by atomic mass is 10.1. The molecule has 0 saturated heterocycles. The molecule has 72 valence electrons. The van der Waals surface area contributed by atoms with Crippen molar-refractivity contribution < 1.29 is 9.90 Å². The first kappa shape index (κ1) is 10.5. The van der Waals surface area contributed by atoms with Crippen molar-refractivity contribution in [3.05, 3.63) is 41.0 Å². The summed E-state index contributed by atoms with van der Waals surface area (Å²) in [6.07, 6.45) is 2.29. The van der Waals surface area contributed by atoms with Gasteiger partial charge in [-0.25, -0.2) is 4.79 Å². The van der Waals surface area contributed by atoms with Gasteiger partial charge in [-0.15, -0.1) is 0 Å². The molecule has 1 rings (SSSR count). The average molecular weight is 198 g/mol. The Morgan fingerprint density at radius 2 is 1.73 bits per heavy atom. The van der Waals surface area contributed by atoms with Crippen LogP contribution in [0.25, 0.3) is 6.08 Å². The molecule has 15 heavy (non-hydrogen) atoms. The van der Waals surface area contributed by atoms with E-state index in [0.29, 0.717) is 16.7 Å². The number of carboxylic acids is 1. The third-order valence-electron chi connectivity index (χ3n) is 1.63. The fourth-order valence-corrected chi connectivity index (χ4v) is 1.04. The maximum Gasteiger partial charge on any atom is 0.328 e. The second-order valence-corrected chi connectivity index (χ2v) is 2.74. The highest BCUT2D eigenvalue weighted by Gasteiger charge is 1.98. The Bertz CT molecular complexity index is 472. The van der Waals surface area contributed by atoms with Crippen LogP contribution in [0.1, 0.15) is 16.7 Å². The van der Waals surface area contributed by atoms with Gasteiger partial charge in [-0.3, -0.25) is 0 Å². The number of hydrogen-bond acceptors (Lipinski definition) is 3. The SMILES string of the molecule is N#Cc1cc(C#N)cc(C=CC(=O)O)c1. The predicted molar refractivity (Wildman–Crippen MR) is 52.5 cm³/mol. The van der Waals surface area contributed by atoms with Gasteiger partial charge in [-0.2, -0.15) is 10.5 Å². The first-order chi connectivity index (χ1) is 7.15. The lowest BCUT2D eigenvalue weighted by Gasteiger charge is -1.95. The van der Waals surface area contributed by atoms with Crippen molar-refractivity contribution in [1.29, 1.82) is 10.5 Å². The van der Waals surface area contributed by atoms with E-state index in [9.17, 15) is 4.79 Å². The molecule has 0 aromatic heterocycles. The summed E-state index contributed by atoms with van der Waals surface area (Å²) in [5.74, 6) is -1.07. The minimum absolute atomic E-state index is 0.332. The molecule has 0 aliphatic carbocycles. The lowest BCUT2D eigenvalue weighted by molar-refractivity contribution is -0.131. The van der Waals surface area contributed by atoms with Crippen LogP contribution in [0.2, 0.25) is 0 Å². The second kappa shape index (κ2) is 4.59. The maximum atomic E-state index is 10.3. The number of carbonyl (C=O) groups is 1. The summed E-state index contributed by atoms with van der Waals surface area (Å²) < 4.78 is 0. The number of rotatable bonds is 2. The van der Waals surface area contributed by atoms with Crippen LogP contribution in [0.5, 0.6) is 0 Å². The van der Waals surface area contributed by atoms with Crippen molar-refractivity contribution in [1.82, 2.24) is 0 Å². The van der Waals surface area contributed by atoms with E-state index in [2.05, 4.69) is 0 Å². The van der Waals surface area contributed by atoms with Crippen LogP contribution >= 0.6 is 0 Å². The number of benzene rings is 1. The largest absolute Gasteiger partial charge is 0.478 e. The van der Waals surface area contributed by atoms with Gasteiger partial charge in [0.1, 0.15) is 0 Å². The minimum atomic E-state index is -1.07. The van der Waals surface area contributed by atoms with Crippen LogP contribution in [0.4, 0.5) is 0 Å². The molecule has 0 unspecified atom stereocenters. The van der Waals surface area contributed by atoms with Gasteiger partial charge in [-0.05, 0) is 29.8 Å². The second-order valence-electron chi connectivity index (χ2n) is 2.74. The Balaban J connectivity index is 3.15. The molecule has 4 heteroatoms. The summed E-state index contributed by atoms with van der Waals surface area (Å²) in [4.78, 5) is 10.3. The summed E-state index contributed by atoms with van der Waals surface area (Å²) in [7, 11) is 0. The molecule has 0 aliphatic rings. The molecule has 0 aliphatic heterocycles. The Hall–Kier alpha value is -2.59. The molecule has 0 saturated carbocycles. The molecule has 0 amide bonds. The molecule has 0 spiro atoms. The van der Waals surface area contributed by atoms with Crippen molar-refractivity contribution in [3.63, 3.8) is 0 Å². The molecule has 1 aromatic rings. The zero-order chi connectivity index (χ0) is 11.3. The highest BCUT2D eigenvalue weighted by atomic mass is 16.4. The number of nitriles is 2. The Labute approximate surface area is 86.3 Å². The Morgan fingerprint density at radius 1 is 1.20 bits per heavy atom. The van der Waals surface area contributed by atoms with Gasteiger partial charge < -0.3 is 5.11 Å². The van der Waals surface area contributed by atoms with E-state index in [-0.39, 0.29) is 0 Å². The first-order valence-corrected chi connectivity index (χ1v) is 4.02. The molecule has 4 nitrogen and oxygen atoms in total. The molecular formula is C11H6N2O2. The molecule has 0 bridgehead atoms. The van der Waals surface area contributed by atoms with Crippen LogP contribution in [0.15, 0.2) is 24.3 Å². The monoisotopic (exact) mass is 198 g/mol. The normalized spacial score (nSPS) is 9.47. The summed E-state index contributed by atoms with van der Waals surface area (Å²) >= 11 is 0. The first-order valence-electron chi connectivity index (χ1n) is 4.02. The van der Waals surface area contributed by atoms with Gasteiger partial charge in [0.05, 0.1) is 23.3 Å². The van der Waals surface area contributed by atoms with Crippen molar-refractivity contribution in [3.8, 4) is 12.1 Å². The zero-order valence-corrected chi connectivity index (χ0v) is 7.64. The number of aliphatic carboxylic acids is 1. The number of nitrogens with zero attached hydrogens (tertiary/aromatic N) is 2. The standard InChI is InChI=1S/C11H6N2O2/c12-6-9-3-8(1-2-11(14)15)4-10(5-9)7-13/h1-5H,(H,14,15). The zero-order valence-electron chi connectivity index (χ0n) is 7.64. The van der Waals surface area contributed by atoms with Gasteiger partial charge in [-0.1, -0.05) is 0 Å². The molecule has 0 heterocycles.